The van der Waals surface area contributed by atoms with Crippen molar-refractivity contribution in [2.45, 2.75) is 6.54 Å². The van der Waals surface area contributed by atoms with E-state index in [-0.39, 0.29) is 34.2 Å². The van der Waals surface area contributed by atoms with Crippen LogP contribution >= 0.6 is 0 Å². The molecule has 0 atom stereocenters. The van der Waals surface area contributed by atoms with Crippen LogP contribution in [-0.2, 0) is 6.54 Å². The molecule has 4 aromatic carbocycles. The van der Waals surface area contributed by atoms with E-state index in [0.717, 1.165) is 16.2 Å². The molecule has 1 aromatic heterocycles. The normalized spacial score (nSPS) is 12.5. The number of nitrogens with one attached hydrogen (secondary N) is 1. The zero-order chi connectivity index (χ0) is 28.7. The number of oxazole rings is 1. The Balaban J connectivity index is 1.23. The van der Waals surface area contributed by atoms with Gasteiger partial charge in [-0.3, -0.25) is 14.4 Å². The molecule has 2 N–H and O–H groups in total. The third-order valence-corrected chi connectivity index (χ3v) is 6.75. The van der Waals surface area contributed by atoms with Gasteiger partial charge >= 0.3 is 5.97 Å². The molecule has 0 aliphatic carbocycles. The van der Waals surface area contributed by atoms with Crippen molar-refractivity contribution in [1.82, 2.24) is 10.3 Å². The van der Waals surface area contributed by atoms with Crippen molar-refractivity contribution in [1.29, 1.82) is 0 Å². The smallest absolute Gasteiger partial charge is 0.335 e. The molecular formula is C31H21N3O7. The molecule has 1 aliphatic heterocycles. The molecular weight excluding hydrogens is 526 g/mol. The molecule has 5 aromatic rings. The Kier molecular flexibility index (Phi) is 6.27. The van der Waals surface area contributed by atoms with E-state index in [1.165, 1.54) is 18.2 Å². The van der Waals surface area contributed by atoms with Crippen LogP contribution in [0.1, 0.15) is 47.0 Å². The first-order valence-corrected chi connectivity index (χ1v) is 12.5. The molecule has 10 heteroatoms. The molecule has 41 heavy (non-hydrogen) atoms. The van der Waals surface area contributed by atoms with Gasteiger partial charge < -0.3 is 19.6 Å². The number of anilines is 1. The molecule has 0 saturated heterocycles. The van der Waals surface area contributed by atoms with Crippen LogP contribution in [0, 0.1) is 0 Å². The number of rotatable bonds is 7. The van der Waals surface area contributed by atoms with Gasteiger partial charge in [0.25, 0.3) is 17.7 Å². The molecule has 0 radical (unpaired) electrons. The lowest BCUT2D eigenvalue weighted by Gasteiger charge is -2.14. The number of imide groups is 1. The van der Waals surface area contributed by atoms with Crippen molar-refractivity contribution in [2.75, 3.05) is 12.0 Å². The Bertz CT molecular complexity index is 1880. The number of carboxylic acid groups (broad SMARTS) is 1. The van der Waals surface area contributed by atoms with Gasteiger partial charge in [-0.1, -0.05) is 18.2 Å². The van der Waals surface area contributed by atoms with Crippen LogP contribution in [-0.4, -0.2) is 40.9 Å². The van der Waals surface area contributed by atoms with E-state index in [1.54, 1.807) is 49.6 Å². The number of fused-ring (bicyclic) bond motifs is 2. The Labute approximate surface area is 232 Å². The van der Waals surface area contributed by atoms with E-state index < -0.39 is 17.8 Å². The zero-order valence-electron chi connectivity index (χ0n) is 21.6. The summed E-state index contributed by atoms with van der Waals surface area (Å²) in [5, 5.41) is 12.1. The summed E-state index contributed by atoms with van der Waals surface area (Å²) < 4.78 is 11.1. The number of methoxy groups -OCH3 is 1. The quantitative estimate of drug-likeness (QED) is 0.274. The fraction of sp³-hybridized carbons (Fsp3) is 0.0645. The summed E-state index contributed by atoms with van der Waals surface area (Å²) in [5.41, 5.74) is 3.10. The van der Waals surface area contributed by atoms with Crippen molar-refractivity contribution in [3.63, 3.8) is 0 Å². The summed E-state index contributed by atoms with van der Waals surface area (Å²) in [6, 6.07) is 22.7. The average molecular weight is 548 g/mol. The number of amides is 3. The second-order valence-corrected chi connectivity index (χ2v) is 9.29. The first-order chi connectivity index (χ1) is 19.8. The Morgan fingerprint density at radius 2 is 1.66 bits per heavy atom. The van der Waals surface area contributed by atoms with Crippen molar-refractivity contribution in [3.05, 3.63) is 113 Å². The van der Waals surface area contributed by atoms with Gasteiger partial charge in [0.1, 0.15) is 11.3 Å². The highest BCUT2D eigenvalue weighted by molar-refractivity contribution is 6.34. The second kappa shape index (κ2) is 10.1. The predicted molar refractivity (Wildman–Crippen MR) is 148 cm³/mol. The summed E-state index contributed by atoms with van der Waals surface area (Å²) in [4.78, 5) is 55.7. The van der Waals surface area contributed by atoms with Gasteiger partial charge in [-0.05, 0) is 72.3 Å². The molecule has 6 rings (SSSR count). The Morgan fingerprint density at radius 3 is 2.41 bits per heavy atom. The predicted octanol–water partition coefficient (Wildman–Crippen LogP) is 4.93. The number of nitrogens with zero attached hydrogens (tertiary/aromatic N) is 2. The maximum absolute atomic E-state index is 13.1. The van der Waals surface area contributed by atoms with Gasteiger partial charge in [-0.2, -0.15) is 0 Å². The Morgan fingerprint density at radius 1 is 0.902 bits per heavy atom. The van der Waals surface area contributed by atoms with Crippen LogP contribution in [0.4, 0.5) is 5.69 Å². The standard InChI is InChI=1S/C31H21N3O7/c1-40-22-9-5-17(6-10-22)16-32-27(35)18-8-12-25-26(15-18)41-28(33-25)19-3-2-4-21(13-19)34-29(36)23-11-7-20(31(38)39)14-24(23)30(34)37/h2-15H,16H2,1H3,(H,32,35)(H,38,39). The lowest BCUT2D eigenvalue weighted by Crippen LogP contribution is -2.29. The second-order valence-electron chi connectivity index (χ2n) is 9.29. The van der Waals surface area contributed by atoms with E-state index in [1.807, 2.05) is 24.3 Å². The molecule has 2 heterocycles. The highest BCUT2D eigenvalue weighted by atomic mass is 16.5. The summed E-state index contributed by atoms with van der Waals surface area (Å²) in [6.45, 7) is 0.338. The van der Waals surface area contributed by atoms with Crippen molar-refractivity contribution in [2.24, 2.45) is 0 Å². The maximum atomic E-state index is 13.1. The van der Waals surface area contributed by atoms with Gasteiger partial charge in [0.15, 0.2) is 5.58 Å². The van der Waals surface area contributed by atoms with Crippen molar-refractivity contribution >= 4 is 40.5 Å². The highest BCUT2D eigenvalue weighted by Crippen LogP contribution is 2.33. The number of carbonyl (C=O) groups excluding carboxylic acids is 3. The number of aromatic nitrogens is 1. The van der Waals surface area contributed by atoms with Gasteiger partial charge in [-0.25, -0.2) is 14.7 Å². The van der Waals surface area contributed by atoms with E-state index >= 15 is 0 Å². The number of carboxylic acids is 1. The minimum absolute atomic E-state index is 0.0277. The summed E-state index contributed by atoms with van der Waals surface area (Å²) in [7, 11) is 1.59. The van der Waals surface area contributed by atoms with E-state index in [0.29, 0.717) is 28.8 Å². The largest absolute Gasteiger partial charge is 0.497 e. The fourth-order valence-electron chi connectivity index (χ4n) is 4.60. The first kappa shape index (κ1) is 25.5. The average Bonchev–Trinajstić information content (AvgIpc) is 3.54. The lowest BCUT2D eigenvalue weighted by molar-refractivity contribution is 0.0696. The fourth-order valence-corrected chi connectivity index (χ4v) is 4.60. The molecule has 0 saturated carbocycles. The SMILES string of the molecule is COc1ccc(CNC(=O)c2ccc3nc(-c4cccc(N5C(=O)c6ccc(C(=O)O)cc6C5=O)c4)oc3c2)cc1. The zero-order valence-corrected chi connectivity index (χ0v) is 21.6. The van der Waals surface area contributed by atoms with Gasteiger partial charge in [0.05, 0.1) is 29.5 Å². The van der Waals surface area contributed by atoms with Crippen molar-refractivity contribution in [3.8, 4) is 17.2 Å². The molecule has 0 bridgehead atoms. The molecule has 1 aliphatic rings. The third kappa shape index (κ3) is 4.67. The lowest BCUT2D eigenvalue weighted by atomic mass is 10.1. The number of ether oxygens (including phenoxy) is 1. The topological polar surface area (TPSA) is 139 Å². The molecule has 202 valence electrons. The highest BCUT2D eigenvalue weighted by Gasteiger charge is 2.37. The summed E-state index contributed by atoms with van der Waals surface area (Å²) in [6.07, 6.45) is 0. The van der Waals surface area contributed by atoms with E-state index in [4.69, 9.17) is 9.15 Å². The van der Waals surface area contributed by atoms with Crippen LogP contribution in [0.3, 0.4) is 0 Å². The number of benzene rings is 4. The number of aromatic carboxylic acids is 1. The molecule has 3 amide bonds. The third-order valence-electron chi connectivity index (χ3n) is 6.75. The summed E-state index contributed by atoms with van der Waals surface area (Å²) in [5.74, 6) is -1.67. The van der Waals surface area contributed by atoms with Crippen molar-refractivity contribution < 1.29 is 33.4 Å². The molecule has 0 fully saturated rings. The molecule has 10 nitrogen and oxygen atoms in total. The van der Waals surface area contributed by atoms with Gasteiger partial charge in [-0.15, -0.1) is 0 Å². The number of hydrogen-bond acceptors (Lipinski definition) is 7. The van der Waals surface area contributed by atoms with Gasteiger partial charge in [0, 0.05) is 17.7 Å². The maximum Gasteiger partial charge on any atom is 0.335 e. The monoisotopic (exact) mass is 547 g/mol. The van der Waals surface area contributed by atoms with Gasteiger partial charge in [0.2, 0.25) is 5.89 Å². The molecule has 0 unspecified atom stereocenters. The van der Waals surface area contributed by atoms with Crippen LogP contribution < -0.4 is 15.0 Å². The minimum atomic E-state index is -1.19. The van der Waals surface area contributed by atoms with Crippen LogP contribution in [0.25, 0.3) is 22.6 Å². The van der Waals surface area contributed by atoms with Crippen LogP contribution in [0.5, 0.6) is 5.75 Å². The Hall–Kier alpha value is -5.77. The minimum Gasteiger partial charge on any atom is -0.497 e. The number of hydrogen-bond donors (Lipinski definition) is 2. The first-order valence-electron chi connectivity index (χ1n) is 12.5. The van der Waals surface area contributed by atoms with E-state index in [9.17, 15) is 24.3 Å². The number of carbonyl (C=O) groups is 4. The van der Waals surface area contributed by atoms with Crippen LogP contribution in [0.2, 0.25) is 0 Å². The van der Waals surface area contributed by atoms with E-state index in [2.05, 4.69) is 10.3 Å². The molecule has 0 spiro atoms. The van der Waals surface area contributed by atoms with Crippen LogP contribution in [0.15, 0.2) is 89.3 Å². The summed E-state index contributed by atoms with van der Waals surface area (Å²) >= 11 is 0.